The Balaban J connectivity index is 2.14. The maximum absolute atomic E-state index is 5.84. The van der Waals surface area contributed by atoms with Crippen LogP contribution >= 0.6 is 0 Å². The summed E-state index contributed by atoms with van der Waals surface area (Å²) in [6.07, 6.45) is 2.27. The van der Waals surface area contributed by atoms with Crippen molar-refractivity contribution in [2.75, 3.05) is 0 Å². The van der Waals surface area contributed by atoms with Gasteiger partial charge in [-0.3, -0.25) is 0 Å². The molecule has 0 atom stereocenters. The van der Waals surface area contributed by atoms with E-state index in [0.29, 0.717) is 6.54 Å². The molecule has 3 rings (SSSR count). The van der Waals surface area contributed by atoms with Crippen LogP contribution in [0.25, 0.3) is 0 Å². The zero-order valence-electron chi connectivity index (χ0n) is 12.4. The molecule has 0 amide bonds. The first-order chi connectivity index (χ1) is 9.49. The molecule has 4 heteroatoms. The second-order valence-electron chi connectivity index (χ2n) is 6.60. The van der Waals surface area contributed by atoms with E-state index >= 15 is 0 Å². The highest BCUT2D eigenvalue weighted by molar-refractivity contribution is 5.40. The quantitative estimate of drug-likeness (QED) is 0.932. The van der Waals surface area contributed by atoms with Gasteiger partial charge < -0.3 is 10.3 Å². The normalized spacial score (nSPS) is 17.2. The molecule has 2 aromatic rings. The molecular weight excluding hydrogens is 248 g/mol. The summed E-state index contributed by atoms with van der Waals surface area (Å²) in [5.41, 5.74) is 7.15. The van der Waals surface area contributed by atoms with Crippen LogP contribution in [0, 0.1) is 0 Å². The van der Waals surface area contributed by atoms with Gasteiger partial charge in [-0.2, -0.15) is 0 Å². The molecule has 20 heavy (non-hydrogen) atoms. The molecule has 2 N–H and O–H groups in total. The lowest BCUT2D eigenvalue weighted by atomic mass is 9.93. The molecule has 1 aliphatic rings. The van der Waals surface area contributed by atoms with Crippen LogP contribution in [-0.2, 0) is 17.5 Å². The minimum Gasteiger partial charge on any atom is -0.324 e. The first kappa shape index (κ1) is 13.3. The summed E-state index contributed by atoms with van der Waals surface area (Å²) in [6, 6.07) is 10.6. The van der Waals surface area contributed by atoms with Gasteiger partial charge in [0.25, 0.3) is 0 Å². The van der Waals surface area contributed by atoms with Crippen molar-refractivity contribution in [3.8, 4) is 0 Å². The first-order valence-electron chi connectivity index (χ1n) is 7.20. The van der Waals surface area contributed by atoms with Crippen molar-refractivity contribution >= 4 is 0 Å². The van der Waals surface area contributed by atoms with Gasteiger partial charge in [-0.15, -0.1) is 10.2 Å². The van der Waals surface area contributed by atoms with Gasteiger partial charge in [0, 0.05) is 5.54 Å². The maximum atomic E-state index is 5.84. The van der Waals surface area contributed by atoms with Gasteiger partial charge in [0.05, 0.1) is 12.0 Å². The monoisotopic (exact) mass is 270 g/mol. The number of aromatic nitrogens is 3. The zero-order chi connectivity index (χ0) is 14.4. The summed E-state index contributed by atoms with van der Waals surface area (Å²) in [5.74, 6) is 1.94. The summed E-state index contributed by atoms with van der Waals surface area (Å²) in [4.78, 5) is 0. The van der Waals surface area contributed by atoms with E-state index in [0.717, 1.165) is 24.5 Å². The van der Waals surface area contributed by atoms with Crippen molar-refractivity contribution < 1.29 is 0 Å². The van der Waals surface area contributed by atoms with Crippen molar-refractivity contribution in [2.45, 2.75) is 51.1 Å². The molecule has 1 aromatic heterocycles. The van der Waals surface area contributed by atoms with Gasteiger partial charge >= 0.3 is 0 Å². The topological polar surface area (TPSA) is 56.7 Å². The van der Waals surface area contributed by atoms with E-state index in [-0.39, 0.29) is 11.0 Å². The molecule has 1 fully saturated rings. The third-order valence-electron chi connectivity index (χ3n) is 4.09. The fourth-order valence-electron chi connectivity index (χ4n) is 2.99. The summed E-state index contributed by atoms with van der Waals surface area (Å²) >= 11 is 0. The number of rotatable bonds is 3. The van der Waals surface area contributed by atoms with Crippen LogP contribution in [0.15, 0.2) is 30.3 Å². The van der Waals surface area contributed by atoms with E-state index in [1.807, 2.05) is 0 Å². The van der Waals surface area contributed by atoms with Crippen molar-refractivity contribution in [1.82, 2.24) is 14.8 Å². The predicted octanol–water partition coefficient (Wildman–Crippen LogP) is 2.57. The molecule has 0 radical (unpaired) electrons. The van der Waals surface area contributed by atoms with E-state index in [1.165, 1.54) is 5.56 Å². The molecule has 1 heterocycles. The van der Waals surface area contributed by atoms with Crippen LogP contribution in [0.2, 0.25) is 0 Å². The SMILES string of the molecule is CC(C)(C)n1c(CN)nnc1C1(c2ccccc2)CC1. The predicted molar refractivity (Wildman–Crippen MR) is 79.4 cm³/mol. The third-order valence-corrected chi connectivity index (χ3v) is 4.09. The largest absolute Gasteiger partial charge is 0.324 e. The van der Waals surface area contributed by atoms with E-state index < -0.39 is 0 Å². The number of nitrogens with zero attached hydrogens (tertiary/aromatic N) is 3. The van der Waals surface area contributed by atoms with Crippen molar-refractivity contribution in [1.29, 1.82) is 0 Å². The summed E-state index contributed by atoms with van der Waals surface area (Å²) in [6.45, 7) is 6.97. The van der Waals surface area contributed by atoms with Crippen LogP contribution in [0.1, 0.15) is 50.8 Å². The van der Waals surface area contributed by atoms with E-state index in [1.54, 1.807) is 0 Å². The fourth-order valence-corrected chi connectivity index (χ4v) is 2.99. The van der Waals surface area contributed by atoms with Gasteiger partial charge in [-0.1, -0.05) is 30.3 Å². The Morgan fingerprint density at radius 3 is 2.30 bits per heavy atom. The minimum absolute atomic E-state index is 0.0367. The summed E-state index contributed by atoms with van der Waals surface area (Å²) in [7, 11) is 0. The molecule has 1 aromatic carbocycles. The zero-order valence-corrected chi connectivity index (χ0v) is 12.4. The third kappa shape index (κ3) is 1.95. The Kier molecular flexibility index (Phi) is 2.94. The Hall–Kier alpha value is -1.68. The highest BCUT2D eigenvalue weighted by atomic mass is 15.3. The number of hydrogen-bond acceptors (Lipinski definition) is 3. The lowest BCUT2D eigenvalue weighted by Gasteiger charge is -2.28. The molecule has 1 saturated carbocycles. The van der Waals surface area contributed by atoms with Crippen LogP contribution in [0.4, 0.5) is 0 Å². The second kappa shape index (κ2) is 4.42. The number of hydrogen-bond donors (Lipinski definition) is 1. The van der Waals surface area contributed by atoms with Gasteiger partial charge in [-0.05, 0) is 39.2 Å². The van der Waals surface area contributed by atoms with Crippen LogP contribution < -0.4 is 5.73 Å². The number of benzene rings is 1. The molecule has 0 spiro atoms. The van der Waals surface area contributed by atoms with Crippen LogP contribution in [0.3, 0.4) is 0 Å². The average molecular weight is 270 g/mol. The summed E-state index contributed by atoms with van der Waals surface area (Å²) < 4.78 is 2.23. The van der Waals surface area contributed by atoms with Gasteiger partial charge in [-0.25, -0.2) is 0 Å². The molecule has 106 valence electrons. The standard InChI is InChI=1S/C16H22N4/c1-15(2,3)20-13(11-17)18-19-14(20)16(9-10-16)12-7-5-4-6-8-12/h4-8H,9-11,17H2,1-3H3. The Labute approximate surface area is 120 Å². The molecule has 0 bridgehead atoms. The molecule has 0 unspecified atom stereocenters. The van der Waals surface area contributed by atoms with Crippen LogP contribution in [0.5, 0.6) is 0 Å². The molecule has 1 aliphatic carbocycles. The van der Waals surface area contributed by atoms with Gasteiger partial charge in [0.2, 0.25) is 0 Å². The van der Waals surface area contributed by atoms with Crippen LogP contribution in [-0.4, -0.2) is 14.8 Å². The lowest BCUT2D eigenvalue weighted by molar-refractivity contribution is 0.362. The number of nitrogens with two attached hydrogens (primary N) is 1. The molecular formula is C16H22N4. The highest BCUT2D eigenvalue weighted by Crippen LogP contribution is 2.53. The van der Waals surface area contributed by atoms with Crippen molar-refractivity contribution in [3.63, 3.8) is 0 Å². The van der Waals surface area contributed by atoms with Gasteiger partial charge in [0.1, 0.15) is 11.6 Å². The van der Waals surface area contributed by atoms with Crippen molar-refractivity contribution in [2.24, 2.45) is 5.73 Å². The van der Waals surface area contributed by atoms with E-state index in [9.17, 15) is 0 Å². The average Bonchev–Trinajstić information content (AvgIpc) is 3.11. The minimum atomic E-state index is -0.0576. The first-order valence-corrected chi connectivity index (χ1v) is 7.20. The van der Waals surface area contributed by atoms with Gasteiger partial charge in [0.15, 0.2) is 0 Å². The lowest BCUT2D eigenvalue weighted by Crippen LogP contribution is -2.30. The molecule has 4 nitrogen and oxygen atoms in total. The maximum Gasteiger partial charge on any atom is 0.147 e. The van der Waals surface area contributed by atoms with Crippen molar-refractivity contribution in [3.05, 3.63) is 47.5 Å². The van der Waals surface area contributed by atoms with E-state index in [4.69, 9.17) is 5.73 Å². The smallest absolute Gasteiger partial charge is 0.147 e. The molecule has 0 saturated heterocycles. The second-order valence-corrected chi connectivity index (χ2v) is 6.60. The summed E-state index contributed by atoms with van der Waals surface area (Å²) in [5, 5.41) is 8.82. The Morgan fingerprint density at radius 1 is 1.15 bits per heavy atom. The Morgan fingerprint density at radius 2 is 1.80 bits per heavy atom. The molecule has 0 aliphatic heterocycles. The van der Waals surface area contributed by atoms with E-state index in [2.05, 4.69) is 65.9 Å². The Bertz CT molecular complexity index is 603. The highest BCUT2D eigenvalue weighted by Gasteiger charge is 2.51. The fraction of sp³-hybridized carbons (Fsp3) is 0.500.